The van der Waals surface area contributed by atoms with Gasteiger partial charge in [-0.1, -0.05) is 29.8 Å². The molecule has 1 atom stereocenters. The number of nitrogens with one attached hydrogen (secondary N) is 1. The van der Waals surface area contributed by atoms with Crippen LogP contribution in [0.3, 0.4) is 0 Å². The van der Waals surface area contributed by atoms with E-state index in [0.29, 0.717) is 11.7 Å². The third-order valence-electron chi connectivity index (χ3n) is 3.11. The molecule has 1 aromatic heterocycles. The fourth-order valence-corrected chi connectivity index (χ4v) is 2.49. The lowest BCUT2D eigenvalue weighted by molar-refractivity contribution is 0.757. The molecule has 1 N–H and O–H groups in total. The largest absolute Gasteiger partial charge is 0.381 e. The summed E-state index contributed by atoms with van der Waals surface area (Å²) >= 11 is 12.4. The van der Waals surface area contributed by atoms with Gasteiger partial charge in [-0.3, -0.25) is 4.68 Å². The Hall–Kier alpha value is -1.19. The molecule has 0 amide bonds. The first-order chi connectivity index (χ1) is 9.00. The average molecular weight is 298 g/mol. The SMILES string of the molecule is Cc1nn(C)c(Cl)c1CNc1ccccc1C(C)Cl. The molecule has 2 rings (SSSR count). The van der Waals surface area contributed by atoms with Crippen molar-refractivity contribution in [2.24, 2.45) is 7.05 Å². The molecule has 1 heterocycles. The predicted molar refractivity (Wildman–Crippen MR) is 81.0 cm³/mol. The molecule has 0 bridgehead atoms. The molecule has 0 saturated heterocycles. The molecule has 0 aliphatic heterocycles. The highest BCUT2D eigenvalue weighted by Gasteiger charge is 2.12. The van der Waals surface area contributed by atoms with Crippen molar-refractivity contribution in [1.29, 1.82) is 0 Å². The van der Waals surface area contributed by atoms with Crippen molar-refractivity contribution in [3.05, 3.63) is 46.2 Å². The van der Waals surface area contributed by atoms with Crippen LogP contribution in [-0.4, -0.2) is 9.78 Å². The van der Waals surface area contributed by atoms with Gasteiger partial charge in [0, 0.05) is 24.8 Å². The zero-order chi connectivity index (χ0) is 14.0. The van der Waals surface area contributed by atoms with E-state index in [1.165, 1.54) is 0 Å². The van der Waals surface area contributed by atoms with Crippen molar-refractivity contribution >= 4 is 28.9 Å². The molecular formula is C14H17Cl2N3. The van der Waals surface area contributed by atoms with Crippen LogP contribution in [0.2, 0.25) is 5.15 Å². The van der Waals surface area contributed by atoms with Gasteiger partial charge in [-0.2, -0.15) is 5.10 Å². The lowest BCUT2D eigenvalue weighted by Crippen LogP contribution is -2.03. The second kappa shape index (κ2) is 5.85. The van der Waals surface area contributed by atoms with E-state index in [9.17, 15) is 0 Å². The third-order valence-corrected chi connectivity index (χ3v) is 3.82. The molecule has 0 aliphatic carbocycles. The first-order valence-electron chi connectivity index (χ1n) is 6.15. The van der Waals surface area contributed by atoms with Crippen LogP contribution in [-0.2, 0) is 13.6 Å². The number of benzene rings is 1. The summed E-state index contributed by atoms with van der Waals surface area (Å²) in [7, 11) is 1.84. The molecule has 0 aliphatic rings. The van der Waals surface area contributed by atoms with Crippen LogP contribution >= 0.6 is 23.2 Å². The molecule has 3 nitrogen and oxygen atoms in total. The van der Waals surface area contributed by atoms with Crippen LogP contribution in [0.15, 0.2) is 24.3 Å². The molecule has 1 aromatic carbocycles. The summed E-state index contributed by atoms with van der Waals surface area (Å²) in [6.45, 7) is 4.56. The summed E-state index contributed by atoms with van der Waals surface area (Å²) < 4.78 is 1.68. The highest BCUT2D eigenvalue weighted by Crippen LogP contribution is 2.28. The van der Waals surface area contributed by atoms with Gasteiger partial charge in [-0.15, -0.1) is 11.6 Å². The van der Waals surface area contributed by atoms with Crippen molar-refractivity contribution in [3.63, 3.8) is 0 Å². The van der Waals surface area contributed by atoms with Crippen molar-refractivity contribution < 1.29 is 0 Å². The maximum absolute atomic E-state index is 6.22. The van der Waals surface area contributed by atoms with E-state index in [2.05, 4.69) is 10.4 Å². The number of aryl methyl sites for hydroxylation is 2. The Kier molecular flexibility index (Phi) is 4.38. The van der Waals surface area contributed by atoms with E-state index < -0.39 is 0 Å². The molecular weight excluding hydrogens is 281 g/mol. The summed E-state index contributed by atoms with van der Waals surface area (Å²) in [5.41, 5.74) is 4.07. The zero-order valence-corrected chi connectivity index (χ0v) is 12.8. The van der Waals surface area contributed by atoms with Crippen molar-refractivity contribution in [3.8, 4) is 0 Å². The minimum absolute atomic E-state index is 0.0332. The first kappa shape index (κ1) is 14.2. The molecule has 5 heteroatoms. The number of hydrogen-bond donors (Lipinski definition) is 1. The third kappa shape index (κ3) is 3.04. The number of halogens is 2. The quantitative estimate of drug-likeness (QED) is 0.853. The minimum atomic E-state index is -0.0332. The van der Waals surface area contributed by atoms with E-state index in [0.717, 1.165) is 22.5 Å². The summed E-state index contributed by atoms with van der Waals surface area (Å²) in [4.78, 5) is 0. The summed E-state index contributed by atoms with van der Waals surface area (Å²) in [6.07, 6.45) is 0. The van der Waals surface area contributed by atoms with Gasteiger partial charge in [0.05, 0.1) is 11.1 Å². The maximum Gasteiger partial charge on any atom is 0.131 e. The normalized spacial score (nSPS) is 12.5. The smallest absolute Gasteiger partial charge is 0.131 e. The summed E-state index contributed by atoms with van der Waals surface area (Å²) in [5, 5.41) is 8.32. The van der Waals surface area contributed by atoms with Crippen LogP contribution in [0, 0.1) is 6.92 Å². The topological polar surface area (TPSA) is 29.9 Å². The number of aromatic nitrogens is 2. The second-order valence-electron chi connectivity index (χ2n) is 4.54. The molecule has 0 saturated carbocycles. The number of alkyl halides is 1. The Morgan fingerprint density at radius 1 is 1.37 bits per heavy atom. The first-order valence-corrected chi connectivity index (χ1v) is 6.97. The number of hydrogen-bond acceptors (Lipinski definition) is 2. The Balaban J connectivity index is 2.19. The second-order valence-corrected chi connectivity index (χ2v) is 5.55. The molecule has 0 fully saturated rings. The number of para-hydroxylation sites is 1. The van der Waals surface area contributed by atoms with E-state index in [1.807, 2.05) is 45.2 Å². The number of nitrogens with zero attached hydrogens (tertiary/aromatic N) is 2. The van der Waals surface area contributed by atoms with E-state index in [1.54, 1.807) is 4.68 Å². The Labute approximate surface area is 123 Å². The van der Waals surface area contributed by atoms with Crippen molar-refractivity contribution in [2.75, 3.05) is 5.32 Å². The van der Waals surface area contributed by atoms with Crippen molar-refractivity contribution in [1.82, 2.24) is 9.78 Å². The maximum atomic E-state index is 6.22. The van der Waals surface area contributed by atoms with Gasteiger partial charge < -0.3 is 5.32 Å². The Bertz CT molecular complexity index is 576. The molecule has 0 radical (unpaired) electrons. The van der Waals surface area contributed by atoms with Crippen LogP contribution < -0.4 is 5.32 Å². The van der Waals surface area contributed by atoms with Crippen molar-refractivity contribution in [2.45, 2.75) is 25.8 Å². The minimum Gasteiger partial charge on any atom is -0.381 e. The Morgan fingerprint density at radius 3 is 2.63 bits per heavy atom. The fourth-order valence-electron chi connectivity index (χ4n) is 2.06. The van der Waals surface area contributed by atoms with E-state index >= 15 is 0 Å². The van der Waals surface area contributed by atoms with Crippen LogP contribution in [0.25, 0.3) is 0 Å². The molecule has 1 unspecified atom stereocenters. The van der Waals surface area contributed by atoms with Gasteiger partial charge in [0.25, 0.3) is 0 Å². The van der Waals surface area contributed by atoms with Gasteiger partial charge in [0.2, 0.25) is 0 Å². The monoisotopic (exact) mass is 297 g/mol. The lowest BCUT2D eigenvalue weighted by Gasteiger charge is -2.13. The van der Waals surface area contributed by atoms with Gasteiger partial charge >= 0.3 is 0 Å². The lowest BCUT2D eigenvalue weighted by atomic mass is 10.1. The molecule has 0 spiro atoms. The number of rotatable bonds is 4. The summed E-state index contributed by atoms with van der Waals surface area (Å²) in [6, 6.07) is 8.02. The zero-order valence-electron chi connectivity index (χ0n) is 11.2. The standard InChI is InChI=1S/C14H17Cl2N3/c1-9(15)11-6-4-5-7-13(11)17-8-12-10(2)18-19(3)14(12)16/h4-7,9,17H,8H2,1-3H3. The molecule has 19 heavy (non-hydrogen) atoms. The fraction of sp³-hybridized carbons (Fsp3) is 0.357. The van der Waals surface area contributed by atoms with Gasteiger partial charge in [-0.05, 0) is 25.5 Å². The van der Waals surface area contributed by atoms with E-state index in [-0.39, 0.29) is 5.38 Å². The van der Waals surface area contributed by atoms with Gasteiger partial charge in [-0.25, -0.2) is 0 Å². The highest BCUT2D eigenvalue weighted by atomic mass is 35.5. The predicted octanol–water partition coefficient (Wildman–Crippen LogP) is 4.29. The number of anilines is 1. The van der Waals surface area contributed by atoms with Gasteiger partial charge in [0.1, 0.15) is 5.15 Å². The highest BCUT2D eigenvalue weighted by molar-refractivity contribution is 6.30. The van der Waals surface area contributed by atoms with Gasteiger partial charge in [0.15, 0.2) is 0 Å². The molecule has 102 valence electrons. The average Bonchev–Trinajstić information content (AvgIpc) is 2.61. The van der Waals surface area contributed by atoms with Crippen LogP contribution in [0.5, 0.6) is 0 Å². The Morgan fingerprint density at radius 2 is 2.05 bits per heavy atom. The van der Waals surface area contributed by atoms with E-state index in [4.69, 9.17) is 23.2 Å². The van der Waals surface area contributed by atoms with Crippen LogP contribution in [0.1, 0.15) is 29.1 Å². The summed E-state index contributed by atoms with van der Waals surface area (Å²) in [5.74, 6) is 0. The van der Waals surface area contributed by atoms with Crippen LogP contribution in [0.4, 0.5) is 5.69 Å². The molecule has 2 aromatic rings.